The van der Waals surface area contributed by atoms with Gasteiger partial charge in [0.05, 0.1) is 5.69 Å². The predicted molar refractivity (Wildman–Crippen MR) is 68.6 cm³/mol. The molecule has 20 heavy (non-hydrogen) atoms. The van der Waals surface area contributed by atoms with Crippen LogP contribution >= 0.6 is 0 Å². The third-order valence-corrected chi connectivity index (χ3v) is 2.62. The Morgan fingerprint density at radius 1 is 1.25 bits per heavy atom. The first-order chi connectivity index (χ1) is 9.38. The zero-order valence-corrected chi connectivity index (χ0v) is 10.8. The lowest BCUT2D eigenvalue weighted by Crippen LogP contribution is -2.26. The number of H-pyrrole nitrogens is 1. The van der Waals surface area contributed by atoms with Crippen LogP contribution in [-0.2, 0) is 0 Å². The number of carbonyl (C=O) groups excluding carboxylic acids is 1. The van der Waals surface area contributed by atoms with Crippen molar-refractivity contribution in [2.75, 3.05) is 5.32 Å². The molecule has 0 radical (unpaired) electrons. The van der Waals surface area contributed by atoms with Crippen LogP contribution in [0.1, 0.15) is 21.9 Å². The van der Waals surface area contributed by atoms with Crippen molar-refractivity contribution in [1.29, 1.82) is 0 Å². The Hall–Kier alpha value is -2.57. The Morgan fingerprint density at radius 3 is 2.55 bits per heavy atom. The summed E-state index contributed by atoms with van der Waals surface area (Å²) in [5.41, 5.74) is -0.449. The number of carbonyl (C=O) groups is 1. The van der Waals surface area contributed by atoms with Crippen LogP contribution in [0.2, 0.25) is 0 Å². The summed E-state index contributed by atoms with van der Waals surface area (Å²) < 4.78 is 25.8. The molecule has 0 unspecified atom stereocenters. The van der Waals surface area contributed by atoms with Gasteiger partial charge in [-0.05, 0) is 26.0 Å². The van der Waals surface area contributed by atoms with E-state index >= 15 is 0 Å². The van der Waals surface area contributed by atoms with E-state index in [1.165, 1.54) is 13.0 Å². The van der Waals surface area contributed by atoms with Gasteiger partial charge in [-0.3, -0.25) is 9.59 Å². The quantitative estimate of drug-likeness (QED) is 0.881. The number of aromatic amines is 1. The van der Waals surface area contributed by atoms with E-state index in [-0.39, 0.29) is 16.9 Å². The van der Waals surface area contributed by atoms with E-state index in [9.17, 15) is 18.4 Å². The Kier molecular flexibility index (Phi) is 3.60. The first-order valence-corrected chi connectivity index (χ1v) is 5.72. The zero-order chi connectivity index (χ0) is 14.9. The summed E-state index contributed by atoms with van der Waals surface area (Å²) in [4.78, 5) is 30.1. The fourth-order valence-corrected chi connectivity index (χ4v) is 1.76. The van der Waals surface area contributed by atoms with E-state index in [1.807, 2.05) is 0 Å². The largest absolute Gasteiger partial charge is 0.322 e. The molecule has 2 rings (SSSR count). The van der Waals surface area contributed by atoms with Gasteiger partial charge in [0, 0.05) is 11.8 Å². The normalized spacial score (nSPS) is 10.4. The molecule has 104 valence electrons. The highest BCUT2D eigenvalue weighted by Crippen LogP contribution is 2.14. The molecule has 0 saturated carbocycles. The van der Waals surface area contributed by atoms with Gasteiger partial charge in [0.15, 0.2) is 11.6 Å². The Bertz CT molecular complexity index is 741. The van der Waals surface area contributed by atoms with Gasteiger partial charge in [0.2, 0.25) is 0 Å². The molecule has 0 spiro atoms. The number of nitrogens with zero attached hydrogens (tertiary/aromatic N) is 1. The first kappa shape index (κ1) is 13.9. The van der Waals surface area contributed by atoms with Crippen molar-refractivity contribution >= 4 is 11.6 Å². The van der Waals surface area contributed by atoms with Crippen LogP contribution in [0.15, 0.2) is 23.0 Å². The zero-order valence-electron chi connectivity index (χ0n) is 10.8. The van der Waals surface area contributed by atoms with Crippen molar-refractivity contribution in [3.05, 3.63) is 57.3 Å². The van der Waals surface area contributed by atoms with Crippen LogP contribution in [-0.4, -0.2) is 15.9 Å². The highest BCUT2D eigenvalue weighted by molar-refractivity contribution is 6.04. The summed E-state index contributed by atoms with van der Waals surface area (Å²) in [7, 11) is 0. The number of amides is 1. The summed E-state index contributed by atoms with van der Waals surface area (Å²) in [5, 5.41) is 2.32. The number of anilines is 1. The minimum Gasteiger partial charge on any atom is -0.322 e. The summed E-state index contributed by atoms with van der Waals surface area (Å²) in [5.74, 6) is -2.45. The standard InChI is InChI=1S/C13H11F2N3O2/c1-6-11(12(19)17-7(2)16-6)13(20)18-8-3-4-9(14)10(15)5-8/h3-5H,1-2H3,(H,18,20)(H,16,17,19). The summed E-state index contributed by atoms with van der Waals surface area (Å²) in [6.45, 7) is 3.10. The molecule has 1 heterocycles. The van der Waals surface area contributed by atoms with Crippen LogP contribution < -0.4 is 10.9 Å². The van der Waals surface area contributed by atoms with E-state index in [2.05, 4.69) is 15.3 Å². The Labute approximate surface area is 112 Å². The molecule has 1 amide bonds. The number of aryl methyl sites for hydroxylation is 2. The van der Waals surface area contributed by atoms with Crippen LogP contribution in [0.5, 0.6) is 0 Å². The van der Waals surface area contributed by atoms with Gasteiger partial charge in [0.1, 0.15) is 11.4 Å². The molecular formula is C13H11F2N3O2. The minimum absolute atomic E-state index is 0.0493. The topological polar surface area (TPSA) is 74.8 Å². The molecular weight excluding hydrogens is 268 g/mol. The number of rotatable bonds is 2. The van der Waals surface area contributed by atoms with Crippen molar-refractivity contribution in [3.8, 4) is 0 Å². The third kappa shape index (κ3) is 2.71. The number of halogens is 2. The van der Waals surface area contributed by atoms with Crippen molar-refractivity contribution in [3.63, 3.8) is 0 Å². The number of aromatic nitrogens is 2. The summed E-state index contributed by atoms with van der Waals surface area (Å²) >= 11 is 0. The molecule has 0 atom stereocenters. The van der Waals surface area contributed by atoms with E-state index < -0.39 is 23.1 Å². The van der Waals surface area contributed by atoms with E-state index in [0.29, 0.717) is 5.82 Å². The molecule has 0 fully saturated rings. The number of hydrogen-bond donors (Lipinski definition) is 2. The lowest BCUT2D eigenvalue weighted by atomic mass is 10.2. The number of hydrogen-bond acceptors (Lipinski definition) is 3. The monoisotopic (exact) mass is 279 g/mol. The minimum atomic E-state index is -1.09. The fraction of sp³-hybridized carbons (Fsp3) is 0.154. The van der Waals surface area contributed by atoms with Gasteiger partial charge < -0.3 is 10.3 Å². The summed E-state index contributed by atoms with van der Waals surface area (Å²) in [6.07, 6.45) is 0. The highest BCUT2D eigenvalue weighted by atomic mass is 19.2. The van der Waals surface area contributed by atoms with Crippen LogP contribution in [0.25, 0.3) is 0 Å². The Balaban J connectivity index is 2.33. The second-order valence-corrected chi connectivity index (χ2v) is 4.19. The van der Waals surface area contributed by atoms with Gasteiger partial charge in [-0.15, -0.1) is 0 Å². The molecule has 2 aromatic rings. The maximum atomic E-state index is 13.0. The first-order valence-electron chi connectivity index (χ1n) is 5.72. The van der Waals surface area contributed by atoms with Gasteiger partial charge in [-0.2, -0.15) is 0 Å². The average Bonchev–Trinajstić information content (AvgIpc) is 2.32. The molecule has 1 aromatic carbocycles. The van der Waals surface area contributed by atoms with Crippen molar-refractivity contribution in [1.82, 2.24) is 9.97 Å². The molecule has 0 aliphatic heterocycles. The van der Waals surface area contributed by atoms with Crippen molar-refractivity contribution in [2.24, 2.45) is 0 Å². The van der Waals surface area contributed by atoms with Gasteiger partial charge >= 0.3 is 0 Å². The molecule has 0 aliphatic carbocycles. The van der Waals surface area contributed by atoms with Gasteiger partial charge in [-0.1, -0.05) is 0 Å². The average molecular weight is 279 g/mol. The molecule has 7 heteroatoms. The lowest BCUT2D eigenvalue weighted by molar-refractivity contribution is 0.102. The van der Waals surface area contributed by atoms with Gasteiger partial charge in [-0.25, -0.2) is 13.8 Å². The van der Waals surface area contributed by atoms with Crippen LogP contribution in [0.4, 0.5) is 14.5 Å². The molecule has 0 aliphatic rings. The predicted octanol–water partition coefficient (Wildman–Crippen LogP) is 1.92. The Morgan fingerprint density at radius 2 is 1.95 bits per heavy atom. The number of nitrogens with one attached hydrogen (secondary N) is 2. The maximum Gasteiger partial charge on any atom is 0.264 e. The summed E-state index contributed by atoms with van der Waals surface area (Å²) in [6, 6.07) is 2.91. The second kappa shape index (κ2) is 5.20. The lowest BCUT2D eigenvalue weighted by Gasteiger charge is -2.07. The van der Waals surface area contributed by atoms with E-state index in [4.69, 9.17) is 0 Å². The molecule has 1 aromatic heterocycles. The van der Waals surface area contributed by atoms with E-state index in [1.54, 1.807) is 6.92 Å². The molecule has 2 N–H and O–H groups in total. The molecule has 0 saturated heterocycles. The molecule has 5 nitrogen and oxygen atoms in total. The number of benzene rings is 1. The van der Waals surface area contributed by atoms with E-state index in [0.717, 1.165) is 12.1 Å². The smallest absolute Gasteiger partial charge is 0.264 e. The van der Waals surface area contributed by atoms with Crippen molar-refractivity contribution in [2.45, 2.75) is 13.8 Å². The maximum absolute atomic E-state index is 13.0. The van der Waals surface area contributed by atoms with Gasteiger partial charge in [0.25, 0.3) is 11.5 Å². The second-order valence-electron chi connectivity index (χ2n) is 4.19. The van der Waals surface area contributed by atoms with Crippen LogP contribution in [0.3, 0.4) is 0 Å². The van der Waals surface area contributed by atoms with Crippen molar-refractivity contribution < 1.29 is 13.6 Å². The third-order valence-electron chi connectivity index (χ3n) is 2.62. The van der Waals surface area contributed by atoms with Crippen LogP contribution in [0, 0.1) is 25.5 Å². The molecule has 0 bridgehead atoms. The fourth-order valence-electron chi connectivity index (χ4n) is 1.76. The highest BCUT2D eigenvalue weighted by Gasteiger charge is 2.16. The SMILES string of the molecule is Cc1nc(C)c(C(=O)Nc2ccc(F)c(F)c2)c(=O)[nH]1.